The summed E-state index contributed by atoms with van der Waals surface area (Å²) in [5, 5.41) is 3.04. The fraction of sp³-hybridized carbons (Fsp3) is 0.909. The summed E-state index contributed by atoms with van der Waals surface area (Å²) < 4.78 is 5.37. The van der Waals surface area contributed by atoms with Gasteiger partial charge in [-0.15, -0.1) is 11.6 Å². The van der Waals surface area contributed by atoms with Crippen molar-refractivity contribution in [1.29, 1.82) is 0 Å². The molecule has 0 aliphatic carbocycles. The summed E-state index contributed by atoms with van der Waals surface area (Å²) in [6, 6.07) is 0.211. The molecule has 0 aromatic rings. The Labute approximate surface area is 96.5 Å². The molecule has 0 aromatic carbocycles. The quantitative estimate of drug-likeness (QED) is 0.737. The molecule has 0 aromatic heterocycles. The monoisotopic (exact) mass is 233 g/mol. The minimum Gasteiger partial charge on any atom is -0.378 e. The smallest absolute Gasteiger partial charge is 0.226 e. The highest BCUT2D eigenvalue weighted by Gasteiger charge is 2.31. The van der Waals surface area contributed by atoms with Crippen molar-refractivity contribution < 1.29 is 9.53 Å². The van der Waals surface area contributed by atoms with E-state index in [0.29, 0.717) is 12.5 Å². The van der Waals surface area contributed by atoms with Gasteiger partial charge in [-0.1, -0.05) is 6.92 Å². The number of hydrogen-bond acceptors (Lipinski definition) is 2. The largest absolute Gasteiger partial charge is 0.378 e. The number of alkyl halides is 1. The van der Waals surface area contributed by atoms with E-state index in [4.69, 9.17) is 16.3 Å². The van der Waals surface area contributed by atoms with Gasteiger partial charge in [0.15, 0.2) is 0 Å². The lowest BCUT2D eigenvalue weighted by atomic mass is 10.0. The highest BCUT2D eigenvalue weighted by molar-refractivity contribution is 6.17. The lowest BCUT2D eigenvalue weighted by Gasteiger charge is -2.20. The minimum atomic E-state index is 0.0226. The van der Waals surface area contributed by atoms with E-state index in [1.54, 1.807) is 0 Å². The van der Waals surface area contributed by atoms with E-state index in [1.165, 1.54) is 0 Å². The molecule has 1 aliphatic rings. The van der Waals surface area contributed by atoms with Gasteiger partial charge in [-0.2, -0.15) is 0 Å². The molecule has 0 bridgehead atoms. The maximum atomic E-state index is 11.9. The van der Waals surface area contributed by atoms with Crippen LogP contribution in [0.4, 0.5) is 0 Å². The molecule has 3 unspecified atom stereocenters. The average molecular weight is 234 g/mol. The van der Waals surface area contributed by atoms with Gasteiger partial charge in [-0.05, 0) is 26.2 Å². The Hall–Kier alpha value is -0.280. The fourth-order valence-corrected chi connectivity index (χ4v) is 2.16. The molecular formula is C11H20ClNO2. The van der Waals surface area contributed by atoms with Gasteiger partial charge in [0.25, 0.3) is 0 Å². The van der Waals surface area contributed by atoms with Gasteiger partial charge in [0, 0.05) is 18.5 Å². The van der Waals surface area contributed by atoms with Crippen LogP contribution in [0, 0.1) is 5.92 Å². The van der Waals surface area contributed by atoms with Crippen LogP contribution in [0.15, 0.2) is 0 Å². The molecule has 0 radical (unpaired) electrons. The molecule has 1 fully saturated rings. The summed E-state index contributed by atoms with van der Waals surface area (Å²) in [6.07, 6.45) is 2.66. The average Bonchev–Trinajstić information content (AvgIpc) is 2.63. The van der Waals surface area contributed by atoms with Crippen LogP contribution >= 0.6 is 11.6 Å². The lowest BCUT2D eigenvalue weighted by Crippen LogP contribution is -2.40. The van der Waals surface area contributed by atoms with Gasteiger partial charge in [-0.3, -0.25) is 4.79 Å². The van der Waals surface area contributed by atoms with Crippen LogP contribution in [0.5, 0.6) is 0 Å². The predicted octanol–water partition coefficient (Wildman–Crippen LogP) is 1.94. The van der Waals surface area contributed by atoms with Crippen LogP contribution in [0.25, 0.3) is 0 Å². The van der Waals surface area contributed by atoms with Crippen LogP contribution in [0.1, 0.15) is 33.1 Å². The minimum absolute atomic E-state index is 0.0226. The highest BCUT2D eigenvalue weighted by Crippen LogP contribution is 2.20. The first kappa shape index (κ1) is 12.8. The molecular weight excluding hydrogens is 214 g/mol. The van der Waals surface area contributed by atoms with Gasteiger partial charge >= 0.3 is 0 Å². The summed E-state index contributed by atoms with van der Waals surface area (Å²) >= 11 is 5.67. The first-order valence-electron chi connectivity index (χ1n) is 5.67. The van der Waals surface area contributed by atoms with E-state index < -0.39 is 0 Å². The van der Waals surface area contributed by atoms with E-state index in [-0.39, 0.29) is 24.0 Å². The predicted molar refractivity (Wildman–Crippen MR) is 61.1 cm³/mol. The molecule has 1 heterocycles. The Morgan fingerprint density at radius 3 is 2.87 bits per heavy atom. The topological polar surface area (TPSA) is 38.3 Å². The zero-order valence-electron chi connectivity index (χ0n) is 9.46. The van der Waals surface area contributed by atoms with E-state index in [1.807, 2.05) is 6.92 Å². The molecule has 15 heavy (non-hydrogen) atoms. The molecule has 1 saturated heterocycles. The van der Waals surface area contributed by atoms with Crippen LogP contribution < -0.4 is 5.32 Å². The SMILES string of the molecule is CCC(CCCl)NC(=O)C1CCOC1C. The van der Waals surface area contributed by atoms with E-state index in [2.05, 4.69) is 12.2 Å². The summed E-state index contributed by atoms with van der Waals surface area (Å²) in [7, 11) is 0. The van der Waals surface area contributed by atoms with Gasteiger partial charge < -0.3 is 10.1 Å². The Balaban J connectivity index is 2.39. The van der Waals surface area contributed by atoms with Gasteiger partial charge in [-0.25, -0.2) is 0 Å². The number of halogens is 1. The summed E-state index contributed by atoms with van der Waals surface area (Å²) in [6.45, 7) is 4.72. The van der Waals surface area contributed by atoms with Crippen molar-refractivity contribution in [2.24, 2.45) is 5.92 Å². The van der Waals surface area contributed by atoms with Crippen molar-refractivity contribution >= 4 is 17.5 Å². The summed E-state index contributed by atoms with van der Waals surface area (Å²) in [4.78, 5) is 11.9. The molecule has 1 N–H and O–H groups in total. The number of ether oxygens (including phenoxy) is 1. The van der Waals surface area contributed by atoms with E-state index in [9.17, 15) is 4.79 Å². The molecule has 4 heteroatoms. The van der Waals surface area contributed by atoms with Gasteiger partial charge in [0.05, 0.1) is 12.0 Å². The first-order chi connectivity index (χ1) is 7.19. The van der Waals surface area contributed by atoms with Crippen molar-refractivity contribution in [3.8, 4) is 0 Å². The second-order valence-corrected chi connectivity index (χ2v) is 4.44. The number of carbonyl (C=O) groups excluding carboxylic acids is 1. The number of hydrogen-bond donors (Lipinski definition) is 1. The second kappa shape index (κ2) is 6.33. The molecule has 0 saturated carbocycles. The van der Waals surface area contributed by atoms with Crippen LogP contribution in [0.2, 0.25) is 0 Å². The molecule has 3 nitrogen and oxygen atoms in total. The van der Waals surface area contributed by atoms with E-state index >= 15 is 0 Å². The first-order valence-corrected chi connectivity index (χ1v) is 6.20. The second-order valence-electron chi connectivity index (χ2n) is 4.06. The van der Waals surface area contributed by atoms with Crippen molar-refractivity contribution in [2.75, 3.05) is 12.5 Å². The van der Waals surface area contributed by atoms with Gasteiger partial charge in [0.2, 0.25) is 5.91 Å². The summed E-state index contributed by atoms with van der Waals surface area (Å²) in [5.74, 6) is 0.738. The normalized spacial score (nSPS) is 27.7. The zero-order chi connectivity index (χ0) is 11.3. The molecule has 1 aliphatic heterocycles. The maximum Gasteiger partial charge on any atom is 0.226 e. The number of amides is 1. The fourth-order valence-electron chi connectivity index (χ4n) is 1.89. The van der Waals surface area contributed by atoms with E-state index in [0.717, 1.165) is 19.3 Å². The van der Waals surface area contributed by atoms with Crippen molar-refractivity contribution in [3.05, 3.63) is 0 Å². The molecule has 1 rings (SSSR count). The summed E-state index contributed by atoms with van der Waals surface area (Å²) in [5.41, 5.74) is 0. The van der Waals surface area contributed by atoms with Gasteiger partial charge in [0.1, 0.15) is 0 Å². The molecule has 1 amide bonds. The standard InChI is InChI=1S/C11H20ClNO2/c1-3-9(4-6-12)13-11(14)10-5-7-15-8(10)2/h8-10H,3-7H2,1-2H3,(H,13,14). The maximum absolute atomic E-state index is 11.9. The Morgan fingerprint density at radius 2 is 2.40 bits per heavy atom. The third kappa shape index (κ3) is 3.65. The third-order valence-electron chi connectivity index (χ3n) is 3.01. The lowest BCUT2D eigenvalue weighted by molar-refractivity contribution is -0.127. The molecule has 3 atom stereocenters. The van der Waals surface area contributed by atoms with Crippen molar-refractivity contribution in [3.63, 3.8) is 0 Å². The Morgan fingerprint density at radius 1 is 1.67 bits per heavy atom. The zero-order valence-corrected chi connectivity index (χ0v) is 10.2. The Bertz CT molecular complexity index is 211. The molecule has 88 valence electrons. The van der Waals surface area contributed by atoms with Crippen LogP contribution in [-0.2, 0) is 9.53 Å². The Kier molecular flexibility index (Phi) is 5.40. The molecule has 0 spiro atoms. The third-order valence-corrected chi connectivity index (χ3v) is 3.23. The van der Waals surface area contributed by atoms with Crippen LogP contribution in [-0.4, -0.2) is 30.5 Å². The van der Waals surface area contributed by atoms with Crippen molar-refractivity contribution in [2.45, 2.75) is 45.3 Å². The highest BCUT2D eigenvalue weighted by atomic mass is 35.5. The number of nitrogens with one attached hydrogen (secondary N) is 1. The van der Waals surface area contributed by atoms with Crippen molar-refractivity contribution in [1.82, 2.24) is 5.32 Å². The number of rotatable bonds is 5. The van der Waals surface area contributed by atoms with Crippen LogP contribution in [0.3, 0.4) is 0 Å². The number of carbonyl (C=O) groups is 1.